The number of carbonyl (C=O) groups excluding carboxylic acids is 1. The molecule has 0 aromatic carbocycles. The number of aliphatic hydroxyl groups is 1. The first kappa shape index (κ1) is 25.2. The first-order valence-corrected chi connectivity index (χ1v) is 12.6. The number of fused-ring (bicyclic) bond motifs is 1. The molecular weight excluding hydrogens is 484 g/mol. The van der Waals surface area contributed by atoms with E-state index in [0.29, 0.717) is 28.1 Å². The van der Waals surface area contributed by atoms with Gasteiger partial charge >= 0.3 is 6.61 Å². The van der Waals surface area contributed by atoms with Gasteiger partial charge in [0.15, 0.2) is 5.65 Å². The van der Waals surface area contributed by atoms with E-state index in [9.17, 15) is 27.8 Å². The first-order valence-electron chi connectivity index (χ1n) is 10.7. The quantitative estimate of drug-likeness (QED) is 0.379. The maximum Gasteiger partial charge on any atom is 0.387 e. The molecule has 0 saturated carbocycles. The van der Waals surface area contributed by atoms with Crippen LogP contribution in [0.1, 0.15) is 42.5 Å². The number of pyridine rings is 2. The molecule has 4 rings (SSSR count). The second-order valence-corrected chi connectivity index (χ2v) is 11.9. The number of alkyl halides is 2. The average molecular weight is 512 g/mol. The highest BCUT2D eigenvalue weighted by atomic mass is 32.3. The van der Waals surface area contributed by atoms with Crippen LogP contribution in [0.4, 0.5) is 8.78 Å². The lowest BCUT2D eigenvalue weighted by molar-refractivity contribution is -0.0501. The Kier molecular flexibility index (Phi) is 6.24. The summed E-state index contributed by atoms with van der Waals surface area (Å²) < 4.78 is 50.8. The van der Waals surface area contributed by atoms with Gasteiger partial charge in [-0.25, -0.2) is 9.67 Å². The molecule has 1 saturated heterocycles. The van der Waals surface area contributed by atoms with Crippen molar-refractivity contribution < 1.29 is 32.5 Å². The van der Waals surface area contributed by atoms with Gasteiger partial charge in [-0.3, -0.25) is 18.9 Å². The number of nitrogens with zero attached hydrogens (tertiary/aromatic N) is 4. The largest absolute Gasteiger partial charge is 0.433 e. The first-order chi connectivity index (χ1) is 16.1. The summed E-state index contributed by atoms with van der Waals surface area (Å²) in [6.45, 7) is 3.61. The summed E-state index contributed by atoms with van der Waals surface area (Å²) in [5.41, 5.74) is -0.0332. The van der Waals surface area contributed by atoms with E-state index in [2.05, 4.69) is 25.1 Å². The fourth-order valence-electron chi connectivity index (χ4n) is 4.17. The van der Waals surface area contributed by atoms with Gasteiger partial charge in [0.05, 0.1) is 51.5 Å². The highest BCUT2D eigenvalue weighted by Gasteiger charge is 2.45. The van der Waals surface area contributed by atoms with Gasteiger partial charge in [0.1, 0.15) is 5.75 Å². The third-order valence-electron chi connectivity index (χ3n) is 5.46. The van der Waals surface area contributed by atoms with Crippen LogP contribution in [-0.2, 0) is 6.42 Å². The average Bonchev–Trinajstić information content (AvgIpc) is 3.03. The second kappa shape index (κ2) is 8.66. The fraction of sp³-hybridized carbons (Fsp3) is 0.455. The minimum absolute atomic E-state index is 0.0760. The number of ether oxygens (including phenoxy) is 1. The van der Waals surface area contributed by atoms with Crippen molar-refractivity contribution in [1.82, 2.24) is 25.1 Å². The zero-order valence-electron chi connectivity index (χ0n) is 19.6. The third kappa shape index (κ3) is 5.53. The molecule has 0 unspecified atom stereocenters. The van der Waals surface area contributed by atoms with Crippen molar-refractivity contribution in [3.8, 4) is 11.4 Å². The lowest BCUT2D eigenvalue weighted by Gasteiger charge is -2.54. The van der Waals surface area contributed by atoms with Gasteiger partial charge in [0, 0.05) is 24.1 Å². The normalized spacial score (nSPS) is 17.8. The summed E-state index contributed by atoms with van der Waals surface area (Å²) in [6, 6.07) is 2.96. The lowest BCUT2D eigenvalue weighted by atomic mass is 10.0. The Morgan fingerprint density at radius 1 is 1.29 bits per heavy atom. The van der Waals surface area contributed by atoms with Crippen molar-refractivity contribution in [1.29, 1.82) is 0 Å². The minimum Gasteiger partial charge on any atom is -0.433 e. The van der Waals surface area contributed by atoms with Crippen molar-refractivity contribution in [2.75, 3.05) is 11.5 Å². The molecule has 0 atom stereocenters. The standard InChI is InChI=1S/C22H27F2N5O5S/c1-12-17(6-14(9-25-12)34-20(23)24)29-18-15(16(28-29)7-21(2,3)31)5-13(8-26-18)19(30)27-22(4)10-35(32,33)11-22/h5-6,8-9,20,31-33H,7,10-11H2,1-4H3,(H,27,30). The Hall–Kier alpha value is -2.87. The second-order valence-electron chi connectivity index (χ2n) is 9.70. The van der Waals surface area contributed by atoms with Crippen LogP contribution in [0.15, 0.2) is 24.5 Å². The monoisotopic (exact) mass is 511 g/mol. The predicted octanol–water partition coefficient (Wildman–Crippen LogP) is 3.29. The van der Waals surface area contributed by atoms with Crippen molar-refractivity contribution in [3.05, 3.63) is 41.5 Å². The van der Waals surface area contributed by atoms with Crippen LogP contribution in [0.25, 0.3) is 16.7 Å². The highest BCUT2D eigenvalue weighted by Crippen LogP contribution is 2.53. The minimum atomic E-state index is -3.02. The zero-order valence-corrected chi connectivity index (χ0v) is 20.4. The molecule has 0 spiro atoms. The van der Waals surface area contributed by atoms with Gasteiger partial charge in [-0.1, -0.05) is 0 Å². The Morgan fingerprint density at radius 3 is 2.57 bits per heavy atom. The Balaban J connectivity index is 1.76. The van der Waals surface area contributed by atoms with Crippen LogP contribution in [0.5, 0.6) is 5.75 Å². The molecule has 4 N–H and O–H groups in total. The van der Waals surface area contributed by atoms with E-state index in [1.807, 2.05) is 0 Å². The van der Waals surface area contributed by atoms with Gasteiger partial charge in [0.25, 0.3) is 5.91 Å². The molecule has 0 bridgehead atoms. The van der Waals surface area contributed by atoms with E-state index >= 15 is 0 Å². The molecule has 35 heavy (non-hydrogen) atoms. The molecule has 3 aromatic rings. The number of hydrogen-bond donors (Lipinski definition) is 4. The fourth-order valence-corrected chi connectivity index (χ4v) is 6.28. The lowest BCUT2D eigenvalue weighted by Crippen LogP contribution is -2.61. The zero-order chi connectivity index (χ0) is 25.8. The summed E-state index contributed by atoms with van der Waals surface area (Å²) >= 11 is 0. The Morgan fingerprint density at radius 2 is 1.97 bits per heavy atom. The van der Waals surface area contributed by atoms with E-state index in [1.54, 1.807) is 33.8 Å². The molecule has 0 aliphatic carbocycles. The maximum absolute atomic E-state index is 12.9. The van der Waals surface area contributed by atoms with Gasteiger partial charge < -0.3 is 15.2 Å². The van der Waals surface area contributed by atoms with Crippen molar-refractivity contribution in [3.63, 3.8) is 0 Å². The molecule has 4 heterocycles. The molecule has 1 fully saturated rings. The summed E-state index contributed by atoms with van der Waals surface area (Å²) in [5, 5.41) is 18.3. The van der Waals surface area contributed by atoms with Crippen LogP contribution in [0, 0.1) is 6.92 Å². The van der Waals surface area contributed by atoms with Crippen LogP contribution in [-0.4, -0.2) is 69.1 Å². The van der Waals surface area contributed by atoms with E-state index in [0.717, 1.165) is 0 Å². The Labute approximate surface area is 201 Å². The van der Waals surface area contributed by atoms with E-state index in [1.165, 1.54) is 23.1 Å². The van der Waals surface area contributed by atoms with Crippen LogP contribution in [0.2, 0.25) is 0 Å². The topological polar surface area (TPSA) is 143 Å². The van der Waals surface area contributed by atoms with Crippen molar-refractivity contribution in [2.45, 2.75) is 51.9 Å². The van der Waals surface area contributed by atoms with Crippen LogP contribution >= 0.6 is 10.6 Å². The van der Waals surface area contributed by atoms with Crippen LogP contribution in [0.3, 0.4) is 0 Å². The third-order valence-corrected chi connectivity index (χ3v) is 7.66. The van der Waals surface area contributed by atoms with Crippen molar-refractivity contribution in [2.24, 2.45) is 0 Å². The number of hydrogen-bond acceptors (Lipinski definition) is 8. The molecular formula is C22H27F2N5O5S. The smallest absolute Gasteiger partial charge is 0.387 e. The molecule has 0 radical (unpaired) electrons. The summed E-state index contributed by atoms with van der Waals surface area (Å²) in [4.78, 5) is 21.4. The van der Waals surface area contributed by atoms with Crippen molar-refractivity contribution >= 4 is 27.5 Å². The number of rotatable bonds is 7. The maximum atomic E-state index is 12.9. The number of aromatic nitrogens is 4. The molecule has 13 heteroatoms. The highest BCUT2D eigenvalue weighted by molar-refractivity contribution is 8.25. The van der Waals surface area contributed by atoms with E-state index in [4.69, 9.17) is 0 Å². The summed E-state index contributed by atoms with van der Waals surface area (Å²) in [7, 11) is -2.66. The van der Waals surface area contributed by atoms with Gasteiger partial charge in [-0.2, -0.15) is 24.5 Å². The molecule has 10 nitrogen and oxygen atoms in total. The predicted molar refractivity (Wildman–Crippen MR) is 126 cm³/mol. The van der Waals surface area contributed by atoms with E-state index < -0.39 is 34.2 Å². The molecule has 190 valence electrons. The number of nitrogens with one attached hydrogen (secondary N) is 1. The molecule has 3 aromatic heterocycles. The molecule has 1 aliphatic heterocycles. The molecule has 1 amide bonds. The van der Waals surface area contributed by atoms with Gasteiger partial charge in [0.2, 0.25) is 0 Å². The number of amides is 1. The van der Waals surface area contributed by atoms with E-state index in [-0.39, 0.29) is 29.2 Å². The summed E-state index contributed by atoms with van der Waals surface area (Å²) in [6.07, 6.45) is 2.66. The number of carbonyl (C=O) groups is 1. The van der Waals surface area contributed by atoms with Gasteiger partial charge in [-0.15, -0.1) is 0 Å². The summed E-state index contributed by atoms with van der Waals surface area (Å²) in [5.74, 6) is -0.438. The number of aryl methyl sites for hydroxylation is 1. The molecule has 1 aliphatic rings. The SMILES string of the molecule is Cc1ncc(OC(F)F)cc1-n1nc(CC(C)(C)O)c2cc(C(=O)NC3(C)CS(O)(O)C3)cnc21. The Bertz CT molecular complexity index is 1280. The van der Waals surface area contributed by atoms with Gasteiger partial charge in [-0.05, 0) is 33.8 Å². The number of halogens is 2. The van der Waals surface area contributed by atoms with Crippen LogP contribution < -0.4 is 10.1 Å².